The lowest BCUT2D eigenvalue weighted by Crippen LogP contribution is -2.36. The first kappa shape index (κ1) is 16.7. The number of rotatable bonds is 7. The molecule has 3 nitrogen and oxygen atoms in total. The number of hydrogen-bond donors (Lipinski definition) is 3. The van der Waals surface area contributed by atoms with Crippen molar-refractivity contribution in [2.45, 2.75) is 110 Å². The van der Waals surface area contributed by atoms with E-state index in [2.05, 4.69) is 25.5 Å². The van der Waals surface area contributed by atoms with Crippen LogP contribution in [-0.2, 0) is 0 Å². The fourth-order valence-corrected chi connectivity index (χ4v) is 6.21. The molecule has 3 N–H and O–H groups in total. The summed E-state index contributed by atoms with van der Waals surface area (Å²) in [4.78, 5) is 0. The Morgan fingerprint density at radius 3 is 2.87 bits per heavy atom. The van der Waals surface area contributed by atoms with Crippen LogP contribution in [-0.4, -0.2) is 34.5 Å². The van der Waals surface area contributed by atoms with Gasteiger partial charge in [-0.05, 0) is 93.1 Å². The van der Waals surface area contributed by atoms with Crippen molar-refractivity contribution in [2.24, 2.45) is 23.2 Å². The lowest BCUT2D eigenvalue weighted by molar-refractivity contribution is 0.0596. The van der Waals surface area contributed by atoms with Gasteiger partial charge in [0, 0.05) is 10.5 Å². The molecule has 3 rings (SSSR count). The zero-order valence-electron chi connectivity index (χ0n) is 25.1. The van der Waals surface area contributed by atoms with Crippen molar-refractivity contribution in [1.82, 2.24) is 0 Å². The van der Waals surface area contributed by atoms with Gasteiger partial charge in [0.05, 0.1) is 20.5 Å². The van der Waals surface area contributed by atoms with Crippen molar-refractivity contribution >= 4 is 0 Å². The summed E-state index contributed by atoms with van der Waals surface area (Å²) in [7, 11) is 0. The molecule has 3 saturated carbocycles. The average molecular weight is 423 g/mol. The van der Waals surface area contributed by atoms with Crippen LogP contribution < -0.4 is 0 Å². The van der Waals surface area contributed by atoms with E-state index in [-0.39, 0.29) is 16.6 Å². The second-order valence-corrected chi connectivity index (χ2v) is 10.6. The third kappa shape index (κ3) is 5.29. The van der Waals surface area contributed by atoms with Gasteiger partial charge < -0.3 is 15.3 Å². The van der Waals surface area contributed by atoms with E-state index >= 15 is 0 Å². The number of hydrogen-bond acceptors (Lipinski definition) is 3. The van der Waals surface area contributed by atoms with Crippen LogP contribution >= 0.6 is 0 Å². The first-order chi connectivity index (χ1) is 16.4. The van der Waals surface area contributed by atoms with Gasteiger partial charge >= 0.3 is 0 Å². The Bertz CT molecular complexity index is 908. The van der Waals surface area contributed by atoms with Crippen molar-refractivity contribution in [3.05, 3.63) is 35.5 Å². The zero-order chi connectivity index (χ0) is 27.3. The average Bonchev–Trinajstić information content (AvgIpc) is 3.14. The Morgan fingerprint density at radius 1 is 1.40 bits per heavy atom. The Morgan fingerprint density at radius 2 is 2.17 bits per heavy atom. The summed E-state index contributed by atoms with van der Waals surface area (Å²) >= 11 is 0. The molecular weight excluding hydrogens is 372 g/mol. The van der Waals surface area contributed by atoms with Crippen molar-refractivity contribution in [1.29, 1.82) is 1.43 Å². The molecule has 3 unspecified atom stereocenters. The first-order valence-corrected chi connectivity index (χ1v) is 11.6. The highest BCUT2D eigenvalue weighted by molar-refractivity contribution is 5.38. The van der Waals surface area contributed by atoms with Gasteiger partial charge in [0.15, 0.2) is 0 Å². The van der Waals surface area contributed by atoms with Crippen molar-refractivity contribution in [3.8, 4) is 0 Å². The molecule has 0 aromatic heterocycles. The molecule has 0 saturated heterocycles. The van der Waals surface area contributed by atoms with Gasteiger partial charge in [-0.2, -0.15) is 0 Å². The van der Waals surface area contributed by atoms with Crippen molar-refractivity contribution in [3.63, 3.8) is 0 Å². The molecule has 3 aliphatic carbocycles. The largest absolute Gasteiger partial charge is 0.393 e. The van der Waals surface area contributed by atoms with E-state index < -0.39 is 30.5 Å². The summed E-state index contributed by atoms with van der Waals surface area (Å²) < 4.78 is 48.5. The van der Waals surface area contributed by atoms with E-state index in [1.807, 2.05) is 19.9 Å². The smallest absolute Gasteiger partial charge is 0.210 e. The van der Waals surface area contributed by atoms with Crippen LogP contribution in [0.25, 0.3) is 0 Å². The molecule has 0 aromatic carbocycles. The molecule has 3 fully saturated rings. The van der Waals surface area contributed by atoms with Gasteiger partial charge in [-0.15, -0.1) is 0 Å². The molecule has 0 aromatic rings. The maximum Gasteiger partial charge on any atom is 0.210 e. The maximum atomic E-state index is 10.6. The Hall–Kier alpha value is -0.900. The minimum atomic E-state index is -3.01. The van der Waals surface area contributed by atoms with E-state index in [9.17, 15) is 10.2 Å². The summed E-state index contributed by atoms with van der Waals surface area (Å²) in [5.74, 6) is 1.51. The van der Waals surface area contributed by atoms with E-state index in [1.165, 1.54) is 5.57 Å². The van der Waals surface area contributed by atoms with Crippen LogP contribution in [0, 0.1) is 23.2 Å². The fourth-order valence-electron chi connectivity index (χ4n) is 6.21. The van der Waals surface area contributed by atoms with Crippen LogP contribution in [0.4, 0.5) is 0 Å². The number of allylic oxidation sites excluding steroid dienone is 3. The summed E-state index contributed by atoms with van der Waals surface area (Å²) in [6.45, 7) is 12.1. The molecule has 0 spiro atoms. The normalized spacial score (nSPS) is 50.7. The summed E-state index contributed by atoms with van der Waals surface area (Å²) in [5.41, 5.74) is 0.540. The molecule has 0 bridgehead atoms. The summed E-state index contributed by atoms with van der Waals surface area (Å²) in [5, 5.41) is 25.0. The van der Waals surface area contributed by atoms with Crippen LogP contribution in [0.2, 0.25) is 0 Å². The molecule has 0 radical (unpaired) electrons. The second-order valence-electron chi connectivity index (χ2n) is 10.6. The monoisotopic (exact) mass is 422 g/mol. The fraction of sp³-hybridized carbons (Fsp3) is 0.778. The lowest BCUT2D eigenvalue weighted by atomic mass is 9.60. The van der Waals surface area contributed by atoms with Crippen LogP contribution in [0.1, 0.15) is 98.7 Å². The molecular formula is C27H44O3. The highest BCUT2D eigenvalue weighted by atomic mass is 16.3. The third-order valence-corrected chi connectivity index (χ3v) is 7.81. The van der Waals surface area contributed by atoms with E-state index in [0.29, 0.717) is 17.8 Å². The van der Waals surface area contributed by atoms with Crippen molar-refractivity contribution < 1.29 is 22.2 Å². The SMILES string of the molecule is [2H]O[C@]1([2H])C([2H])/C(=C/C=C2CCC[C@@]3(C)C2CC[C@@H]3[C@H](C)CCCC(C)(C)O)C(=C)C([2H])(O)C1([2H])[2H]. The lowest BCUT2D eigenvalue weighted by Gasteiger charge is -2.44. The quantitative estimate of drug-likeness (QED) is 0.493. The van der Waals surface area contributed by atoms with E-state index in [0.717, 1.165) is 51.4 Å². The number of aliphatic hydroxyl groups is 3. The Labute approximate surface area is 192 Å². The van der Waals surface area contributed by atoms with Crippen LogP contribution in [0.5, 0.6) is 0 Å². The summed E-state index contributed by atoms with van der Waals surface area (Å²) in [6.07, 6.45) is 1.39. The van der Waals surface area contributed by atoms with Gasteiger partial charge in [-0.3, -0.25) is 0 Å². The van der Waals surface area contributed by atoms with Gasteiger partial charge in [-0.1, -0.05) is 51.0 Å². The topological polar surface area (TPSA) is 60.7 Å². The molecule has 0 amide bonds. The van der Waals surface area contributed by atoms with Gasteiger partial charge in [0.1, 0.15) is 0 Å². The molecule has 30 heavy (non-hydrogen) atoms. The minimum absolute atomic E-state index is 0.0548. The van der Waals surface area contributed by atoms with Gasteiger partial charge in [0.2, 0.25) is 1.43 Å². The van der Waals surface area contributed by atoms with Crippen molar-refractivity contribution in [2.75, 3.05) is 0 Å². The van der Waals surface area contributed by atoms with Crippen LogP contribution in [0.3, 0.4) is 0 Å². The van der Waals surface area contributed by atoms with E-state index in [4.69, 9.17) is 8.28 Å². The molecule has 170 valence electrons. The molecule has 7 atom stereocenters. The molecule has 3 heteroatoms. The Kier molecular flexibility index (Phi) is 5.18. The highest BCUT2D eigenvalue weighted by Crippen LogP contribution is 2.60. The standard InChI is InChI=1S/C27H44O3/c1-18(8-6-14-26(3,4)30)23-12-13-24-20(9-7-15-27(23,24)5)10-11-21-16-22(28)17-25(29)19(21)2/h10-11,18,22-25,28-30H,2,6-9,12-17H2,1,3-5H3/b20-10?,21-11-/t18-,22-,23-,24?,25?,27-/m1/s1/i16D,17D2,22D,25D,28D/t16?,18-,22-,23-,24?,25?,27-. The van der Waals surface area contributed by atoms with Gasteiger partial charge in [0.25, 0.3) is 0 Å². The predicted octanol–water partition coefficient (Wildman–Crippen LogP) is 5.70. The van der Waals surface area contributed by atoms with Crippen LogP contribution in [0.15, 0.2) is 35.5 Å². The molecule has 0 heterocycles. The second kappa shape index (κ2) is 9.30. The number of fused-ring (bicyclic) bond motifs is 1. The van der Waals surface area contributed by atoms with E-state index in [1.54, 1.807) is 6.08 Å². The minimum Gasteiger partial charge on any atom is -0.393 e. The molecule has 3 aliphatic rings. The zero-order valence-corrected chi connectivity index (χ0v) is 19.1. The molecule has 0 aliphatic heterocycles. The highest BCUT2D eigenvalue weighted by Gasteiger charge is 2.50. The Balaban J connectivity index is 1.86. The first-order valence-electron chi connectivity index (χ1n) is 14.5. The van der Waals surface area contributed by atoms with Gasteiger partial charge in [-0.25, -0.2) is 0 Å². The predicted molar refractivity (Wildman–Crippen MR) is 124 cm³/mol. The maximum absolute atomic E-state index is 10.6. The summed E-state index contributed by atoms with van der Waals surface area (Å²) in [6, 6.07) is 0. The third-order valence-electron chi connectivity index (χ3n) is 7.81.